The number of benzene rings is 3. The second-order valence-corrected chi connectivity index (χ2v) is 9.92. The minimum atomic E-state index is -0.697. The molecule has 0 radical (unpaired) electrons. The molecule has 194 valence electrons. The molecule has 1 fully saturated rings. The first-order chi connectivity index (χ1) is 18.3. The maximum atomic E-state index is 14.0. The molecule has 6 rings (SSSR count). The number of nitrogens with one attached hydrogen (secondary N) is 1. The van der Waals surface area contributed by atoms with Crippen molar-refractivity contribution in [1.82, 2.24) is 14.8 Å². The molecule has 0 unspecified atom stereocenters. The summed E-state index contributed by atoms with van der Waals surface area (Å²) in [6.07, 6.45) is 0. The second kappa shape index (κ2) is 8.95. The van der Waals surface area contributed by atoms with Gasteiger partial charge in [-0.15, -0.1) is 0 Å². The lowest BCUT2D eigenvalue weighted by molar-refractivity contribution is 0.00302. The van der Waals surface area contributed by atoms with Gasteiger partial charge >= 0.3 is 0 Å². The van der Waals surface area contributed by atoms with Crippen molar-refractivity contribution in [2.24, 2.45) is 0 Å². The lowest BCUT2D eigenvalue weighted by Crippen LogP contribution is -2.68. The van der Waals surface area contributed by atoms with Crippen LogP contribution in [0.2, 0.25) is 0 Å². The van der Waals surface area contributed by atoms with Crippen molar-refractivity contribution in [2.75, 3.05) is 33.4 Å². The number of nitrogens with zero attached hydrogens (tertiary/aromatic N) is 2. The monoisotopic (exact) mass is 517 g/mol. The van der Waals surface area contributed by atoms with Crippen molar-refractivity contribution in [1.29, 1.82) is 0 Å². The third kappa shape index (κ3) is 3.73. The standard InChI is InChI=1S/C29H25F2N3O4/c1-38-21-8-9-22-23(12-21)32-26-24(13-35)34(28(37)18-5-3-7-20(31)11-18)16-29(25(22)26)14-33(15-29)27(36)17-4-2-6-19(30)10-17/h2-12,24,32,35H,13-16H2,1H3/t24-/m0/s1. The van der Waals surface area contributed by atoms with Crippen molar-refractivity contribution in [3.8, 4) is 5.75 Å². The molecular formula is C29H25F2N3O4. The predicted molar refractivity (Wildman–Crippen MR) is 136 cm³/mol. The number of rotatable bonds is 4. The molecule has 0 bridgehead atoms. The number of carbonyl (C=O) groups excluding carboxylic acids is 2. The molecule has 7 nitrogen and oxygen atoms in total. The smallest absolute Gasteiger partial charge is 0.254 e. The number of amides is 2. The Morgan fingerprint density at radius 2 is 1.63 bits per heavy atom. The number of H-pyrrole nitrogens is 1. The predicted octanol–water partition coefficient (Wildman–Crippen LogP) is 4.04. The Balaban J connectivity index is 1.44. The zero-order chi connectivity index (χ0) is 26.6. The average Bonchev–Trinajstić information content (AvgIpc) is 3.29. The van der Waals surface area contributed by atoms with E-state index in [1.54, 1.807) is 29.0 Å². The number of aliphatic hydroxyl groups excluding tert-OH is 1. The summed E-state index contributed by atoms with van der Waals surface area (Å²) in [4.78, 5) is 33.4. The summed E-state index contributed by atoms with van der Waals surface area (Å²) in [6, 6.07) is 15.9. The molecule has 0 aliphatic carbocycles. The number of fused-ring (bicyclic) bond motifs is 4. The van der Waals surface area contributed by atoms with Gasteiger partial charge in [0.1, 0.15) is 17.4 Å². The minimum Gasteiger partial charge on any atom is -0.497 e. The van der Waals surface area contributed by atoms with Crippen LogP contribution in [0.3, 0.4) is 0 Å². The van der Waals surface area contributed by atoms with Crippen LogP contribution in [0.5, 0.6) is 5.75 Å². The van der Waals surface area contributed by atoms with Crippen LogP contribution in [0.25, 0.3) is 10.9 Å². The van der Waals surface area contributed by atoms with Gasteiger partial charge in [-0.2, -0.15) is 0 Å². The quantitative estimate of drug-likeness (QED) is 0.428. The zero-order valence-corrected chi connectivity index (χ0v) is 20.6. The fourth-order valence-corrected chi connectivity index (χ4v) is 5.90. The van der Waals surface area contributed by atoms with Crippen molar-refractivity contribution in [3.63, 3.8) is 0 Å². The van der Waals surface area contributed by atoms with Crippen LogP contribution in [0, 0.1) is 11.6 Å². The summed E-state index contributed by atoms with van der Waals surface area (Å²) in [7, 11) is 1.57. The van der Waals surface area contributed by atoms with E-state index in [1.165, 1.54) is 36.4 Å². The molecule has 2 aliphatic heterocycles. The van der Waals surface area contributed by atoms with E-state index in [2.05, 4.69) is 4.98 Å². The molecular weight excluding hydrogens is 492 g/mol. The summed E-state index contributed by atoms with van der Waals surface area (Å²) in [6.45, 7) is 0.450. The number of halogens is 2. The molecule has 2 aliphatic rings. The van der Waals surface area contributed by atoms with E-state index in [9.17, 15) is 23.5 Å². The fraction of sp³-hybridized carbons (Fsp3) is 0.241. The highest BCUT2D eigenvalue weighted by atomic mass is 19.1. The van der Waals surface area contributed by atoms with Crippen molar-refractivity contribution < 1.29 is 28.2 Å². The maximum Gasteiger partial charge on any atom is 0.254 e. The Labute approximate surface area is 217 Å². The number of aromatic nitrogens is 1. The number of hydrogen-bond acceptors (Lipinski definition) is 4. The molecule has 2 N–H and O–H groups in total. The average molecular weight is 518 g/mol. The summed E-state index contributed by atoms with van der Waals surface area (Å²) in [5.41, 5.74) is 2.17. The highest BCUT2D eigenvalue weighted by molar-refractivity contribution is 5.97. The summed E-state index contributed by atoms with van der Waals surface area (Å²) in [5, 5.41) is 11.4. The van der Waals surface area contributed by atoms with Crippen LogP contribution in [0.15, 0.2) is 66.7 Å². The highest BCUT2D eigenvalue weighted by Gasteiger charge is 2.55. The number of ether oxygens (including phenoxy) is 1. The first kappa shape index (κ1) is 24.1. The zero-order valence-electron chi connectivity index (χ0n) is 20.6. The van der Waals surface area contributed by atoms with Gasteiger partial charge in [0.2, 0.25) is 0 Å². The van der Waals surface area contributed by atoms with Crippen LogP contribution >= 0.6 is 0 Å². The lowest BCUT2D eigenvalue weighted by atomic mass is 9.68. The molecule has 2 amide bonds. The fourth-order valence-electron chi connectivity index (χ4n) is 5.90. The highest BCUT2D eigenvalue weighted by Crippen LogP contribution is 2.49. The third-order valence-corrected chi connectivity index (χ3v) is 7.60. The van der Waals surface area contributed by atoms with Crippen molar-refractivity contribution in [2.45, 2.75) is 11.5 Å². The molecule has 3 heterocycles. The van der Waals surface area contributed by atoms with Crippen molar-refractivity contribution >= 4 is 22.7 Å². The second-order valence-electron chi connectivity index (χ2n) is 9.92. The molecule has 9 heteroatoms. The Morgan fingerprint density at radius 3 is 2.24 bits per heavy atom. The van der Waals surface area contributed by atoms with E-state index in [1.807, 2.05) is 18.2 Å². The van der Waals surface area contributed by atoms with E-state index >= 15 is 0 Å². The first-order valence-corrected chi connectivity index (χ1v) is 12.3. The van der Waals surface area contributed by atoms with Gasteiger partial charge in [0, 0.05) is 53.4 Å². The van der Waals surface area contributed by atoms with Crippen molar-refractivity contribution in [3.05, 3.63) is 101 Å². The Hall–Kier alpha value is -4.24. The lowest BCUT2D eigenvalue weighted by Gasteiger charge is -2.56. The molecule has 4 aromatic rings. The summed E-state index contributed by atoms with van der Waals surface area (Å²) < 4.78 is 33.1. The van der Waals surface area contributed by atoms with Gasteiger partial charge in [0.15, 0.2) is 0 Å². The Morgan fingerprint density at radius 1 is 0.974 bits per heavy atom. The van der Waals surface area contributed by atoms with E-state index in [4.69, 9.17) is 4.74 Å². The van der Waals surface area contributed by atoms with Gasteiger partial charge in [-0.3, -0.25) is 9.59 Å². The third-order valence-electron chi connectivity index (χ3n) is 7.60. The van der Waals surface area contributed by atoms with E-state index in [0.29, 0.717) is 24.5 Å². The van der Waals surface area contributed by atoms with Gasteiger partial charge in [-0.25, -0.2) is 8.78 Å². The summed E-state index contributed by atoms with van der Waals surface area (Å²) in [5.74, 6) is -1.09. The van der Waals surface area contributed by atoms with Gasteiger partial charge in [-0.1, -0.05) is 12.1 Å². The van der Waals surface area contributed by atoms with Gasteiger partial charge in [-0.05, 0) is 54.1 Å². The van der Waals surface area contributed by atoms with Crippen LogP contribution in [0.1, 0.15) is 38.0 Å². The topological polar surface area (TPSA) is 85.9 Å². The largest absolute Gasteiger partial charge is 0.497 e. The maximum absolute atomic E-state index is 14.0. The van der Waals surface area contributed by atoms with Gasteiger partial charge in [0.05, 0.1) is 25.2 Å². The van der Waals surface area contributed by atoms with E-state index in [0.717, 1.165) is 16.5 Å². The Kier molecular flexibility index (Phi) is 5.68. The Bertz CT molecular complexity index is 1580. The SMILES string of the molecule is COc1ccc2c3c([nH]c2c1)[C@H](CO)N(C(=O)c1cccc(F)c1)CC31CN(C(=O)c2cccc(F)c2)C1. The number of hydrogen-bond donors (Lipinski definition) is 2. The van der Waals surface area contributed by atoms with Gasteiger partial charge in [0.25, 0.3) is 11.8 Å². The van der Waals surface area contributed by atoms with Crippen LogP contribution in [-0.4, -0.2) is 65.1 Å². The molecule has 0 saturated carbocycles. The van der Waals surface area contributed by atoms with Crippen LogP contribution in [-0.2, 0) is 5.41 Å². The number of aliphatic hydroxyl groups is 1. The molecule has 1 spiro atoms. The minimum absolute atomic E-state index is 0.173. The van der Waals surface area contributed by atoms with Crippen LogP contribution in [0.4, 0.5) is 8.78 Å². The van der Waals surface area contributed by atoms with E-state index < -0.39 is 29.0 Å². The molecule has 1 atom stereocenters. The van der Waals surface area contributed by atoms with E-state index in [-0.39, 0.29) is 30.2 Å². The molecule has 1 saturated heterocycles. The molecule has 38 heavy (non-hydrogen) atoms. The number of carbonyl (C=O) groups is 2. The molecule has 1 aromatic heterocycles. The number of methoxy groups -OCH3 is 1. The molecule has 3 aromatic carbocycles. The first-order valence-electron chi connectivity index (χ1n) is 12.3. The number of likely N-dealkylation sites (tertiary alicyclic amines) is 1. The van der Waals surface area contributed by atoms with Crippen LogP contribution < -0.4 is 4.74 Å². The number of aromatic amines is 1. The normalized spacial score (nSPS) is 17.8. The van der Waals surface area contributed by atoms with Gasteiger partial charge < -0.3 is 24.6 Å². The summed E-state index contributed by atoms with van der Waals surface area (Å²) >= 11 is 0.